The predicted octanol–water partition coefficient (Wildman–Crippen LogP) is 3.06. The molecule has 0 bridgehead atoms. The van der Waals surface area contributed by atoms with Gasteiger partial charge in [-0.15, -0.1) is 0 Å². The quantitative estimate of drug-likeness (QED) is 0.778. The second kappa shape index (κ2) is 6.41. The largest absolute Gasteiger partial charge is 0.347 e. The average Bonchev–Trinajstić information content (AvgIpc) is 3.04. The zero-order valence-electron chi connectivity index (χ0n) is 11.6. The maximum absolute atomic E-state index is 12.1. The number of nitrogens with zero attached hydrogens (tertiary/aromatic N) is 2. The highest BCUT2D eigenvalue weighted by molar-refractivity contribution is 6.30. The highest BCUT2D eigenvalue weighted by Gasteiger charge is 2.11. The van der Waals surface area contributed by atoms with Gasteiger partial charge in [-0.3, -0.25) is 14.9 Å². The van der Waals surface area contributed by atoms with E-state index in [4.69, 9.17) is 11.6 Å². The van der Waals surface area contributed by atoms with Gasteiger partial charge in [0.25, 0.3) is 5.91 Å². The van der Waals surface area contributed by atoms with Gasteiger partial charge in [-0.1, -0.05) is 23.7 Å². The zero-order valence-corrected chi connectivity index (χ0v) is 12.3. The van der Waals surface area contributed by atoms with E-state index in [0.29, 0.717) is 23.0 Å². The average molecular weight is 313 g/mol. The maximum Gasteiger partial charge on any atom is 0.269 e. The van der Waals surface area contributed by atoms with Gasteiger partial charge in [-0.05, 0) is 35.9 Å². The first-order chi connectivity index (χ1) is 10.7. The van der Waals surface area contributed by atoms with Gasteiger partial charge < -0.3 is 5.32 Å². The number of hydrogen-bond acceptors (Lipinski definition) is 3. The van der Waals surface area contributed by atoms with Crippen molar-refractivity contribution in [2.24, 2.45) is 0 Å². The molecule has 3 rings (SSSR count). The van der Waals surface area contributed by atoms with Crippen LogP contribution in [0.4, 0.5) is 0 Å². The standard InChI is InChI=1S/C16H13ClN4O/c17-13-3-1-2-12(8-13)14-9-15(21-20-14)16(22)19-10-11-4-6-18-7-5-11/h1-9H,10H2,(H,19,22)(H,20,21). The highest BCUT2D eigenvalue weighted by atomic mass is 35.5. The van der Waals surface area contributed by atoms with Crippen LogP contribution in [-0.2, 0) is 6.54 Å². The molecule has 1 amide bonds. The zero-order chi connectivity index (χ0) is 15.4. The van der Waals surface area contributed by atoms with E-state index in [-0.39, 0.29) is 5.91 Å². The Morgan fingerprint density at radius 1 is 1.18 bits per heavy atom. The Balaban J connectivity index is 1.69. The molecule has 1 aromatic carbocycles. The van der Waals surface area contributed by atoms with Crippen LogP contribution in [0.1, 0.15) is 16.1 Å². The van der Waals surface area contributed by atoms with Crippen molar-refractivity contribution in [3.8, 4) is 11.3 Å². The molecular weight excluding hydrogens is 300 g/mol. The highest BCUT2D eigenvalue weighted by Crippen LogP contribution is 2.21. The molecule has 6 heteroatoms. The summed E-state index contributed by atoms with van der Waals surface area (Å²) in [4.78, 5) is 16.0. The summed E-state index contributed by atoms with van der Waals surface area (Å²) in [5.41, 5.74) is 2.93. The van der Waals surface area contributed by atoms with Crippen LogP contribution in [0.2, 0.25) is 5.02 Å². The summed E-state index contributed by atoms with van der Waals surface area (Å²) in [5.74, 6) is -0.211. The van der Waals surface area contributed by atoms with Crippen molar-refractivity contribution in [2.75, 3.05) is 0 Å². The van der Waals surface area contributed by atoms with Crippen molar-refractivity contribution in [3.05, 3.63) is 71.1 Å². The minimum atomic E-state index is -0.211. The van der Waals surface area contributed by atoms with Gasteiger partial charge in [0.1, 0.15) is 5.69 Å². The number of halogens is 1. The third kappa shape index (κ3) is 3.32. The van der Waals surface area contributed by atoms with Gasteiger partial charge in [0, 0.05) is 29.5 Å². The molecule has 0 atom stereocenters. The normalized spacial score (nSPS) is 10.4. The number of nitrogens with one attached hydrogen (secondary N) is 2. The first-order valence-electron chi connectivity index (χ1n) is 6.71. The summed E-state index contributed by atoms with van der Waals surface area (Å²) in [5, 5.41) is 10.3. The summed E-state index contributed by atoms with van der Waals surface area (Å²) in [6, 6.07) is 12.7. The van der Waals surface area contributed by atoms with Crippen LogP contribution in [-0.4, -0.2) is 21.1 Å². The summed E-state index contributed by atoms with van der Waals surface area (Å²) >= 11 is 5.96. The van der Waals surface area contributed by atoms with E-state index >= 15 is 0 Å². The Bertz CT molecular complexity index is 786. The SMILES string of the molecule is O=C(NCc1ccncc1)c1cc(-c2cccc(Cl)c2)n[nH]1. The number of H-pyrrole nitrogens is 1. The smallest absolute Gasteiger partial charge is 0.269 e. The van der Waals surface area contributed by atoms with Gasteiger partial charge in [0.2, 0.25) is 0 Å². The minimum Gasteiger partial charge on any atom is -0.347 e. The summed E-state index contributed by atoms with van der Waals surface area (Å²) in [6.07, 6.45) is 3.38. The number of amides is 1. The van der Waals surface area contributed by atoms with E-state index in [1.165, 1.54) is 0 Å². The molecule has 0 saturated carbocycles. The third-order valence-electron chi connectivity index (χ3n) is 3.15. The fourth-order valence-electron chi connectivity index (χ4n) is 2.01. The van der Waals surface area contributed by atoms with Crippen LogP contribution in [0.15, 0.2) is 54.9 Å². The van der Waals surface area contributed by atoms with Crippen molar-refractivity contribution in [1.82, 2.24) is 20.5 Å². The lowest BCUT2D eigenvalue weighted by Gasteiger charge is -2.02. The molecule has 2 aromatic heterocycles. The van der Waals surface area contributed by atoms with Crippen LogP contribution in [0.3, 0.4) is 0 Å². The first kappa shape index (κ1) is 14.3. The molecule has 0 spiro atoms. The van der Waals surface area contributed by atoms with E-state index in [2.05, 4.69) is 20.5 Å². The van der Waals surface area contributed by atoms with Crippen molar-refractivity contribution in [3.63, 3.8) is 0 Å². The second-order valence-electron chi connectivity index (χ2n) is 4.72. The molecule has 0 aliphatic carbocycles. The molecule has 2 heterocycles. The topological polar surface area (TPSA) is 70.7 Å². The van der Waals surface area contributed by atoms with E-state index in [9.17, 15) is 4.79 Å². The summed E-state index contributed by atoms with van der Waals surface area (Å²) < 4.78 is 0. The van der Waals surface area contributed by atoms with Crippen LogP contribution in [0.5, 0.6) is 0 Å². The number of aromatic nitrogens is 3. The van der Waals surface area contributed by atoms with E-state index in [0.717, 1.165) is 11.1 Å². The first-order valence-corrected chi connectivity index (χ1v) is 7.08. The van der Waals surface area contributed by atoms with E-state index in [1.54, 1.807) is 30.6 Å². The van der Waals surface area contributed by atoms with Gasteiger partial charge in [0.05, 0.1) is 5.69 Å². The number of benzene rings is 1. The fourth-order valence-corrected chi connectivity index (χ4v) is 2.20. The lowest BCUT2D eigenvalue weighted by molar-refractivity contribution is 0.0946. The van der Waals surface area contributed by atoms with Gasteiger partial charge in [0.15, 0.2) is 0 Å². The van der Waals surface area contributed by atoms with Crippen molar-refractivity contribution >= 4 is 17.5 Å². The Morgan fingerprint density at radius 2 is 2.00 bits per heavy atom. The maximum atomic E-state index is 12.1. The molecular formula is C16H13ClN4O. The summed E-state index contributed by atoms with van der Waals surface area (Å²) in [7, 11) is 0. The second-order valence-corrected chi connectivity index (χ2v) is 5.15. The molecule has 0 aliphatic rings. The molecule has 0 radical (unpaired) electrons. The molecule has 0 unspecified atom stereocenters. The number of aromatic amines is 1. The monoisotopic (exact) mass is 312 g/mol. The summed E-state index contributed by atoms with van der Waals surface area (Å²) in [6.45, 7) is 0.437. The van der Waals surface area contributed by atoms with E-state index in [1.807, 2.05) is 24.3 Å². The van der Waals surface area contributed by atoms with Gasteiger partial charge >= 0.3 is 0 Å². The van der Waals surface area contributed by atoms with Crippen molar-refractivity contribution < 1.29 is 4.79 Å². The Kier molecular flexibility index (Phi) is 4.16. The lowest BCUT2D eigenvalue weighted by atomic mass is 10.1. The fraction of sp³-hybridized carbons (Fsp3) is 0.0625. The molecule has 2 N–H and O–H groups in total. The number of rotatable bonds is 4. The van der Waals surface area contributed by atoms with Crippen molar-refractivity contribution in [2.45, 2.75) is 6.54 Å². The van der Waals surface area contributed by atoms with Gasteiger partial charge in [-0.25, -0.2) is 0 Å². The molecule has 110 valence electrons. The van der Waals surface area contributed by atoms with Crippen LogP contribution >= 0.6 is 11.6 Å². The van der Waals surface area contributed by atoms with Crippen LogP contribution in [0.25, 0.3) is 11.3 Å². The van der Waals surface area contributed by atoms with Crippen LogP contribution in [0, 0.1) is 0 Å². The number of carbonyl (C=O) groups is 1. The molecule has 0 saturated heterocycles. The molecule has 22 heavy (non-hydrogen) atoms. The molecule has 3 aromatic rings. The predicted molar refractivity (Wildman–Crippen MR) is 84.4 cm³/mol. The molecule has 5 nitrogen and oxygen atoms in total. The lowest BCUT2D eigenvalue weighted by Crippen LogP contribution is -2.23. The Morgan fingerprint density at radius 3 is 2.77 bits per heavy atom. The Hall–Kier alpha value is -2.66. The molecule has 0 aliphatic heterocycles. The Labute approximate surface area is 132 Å². The number of carbonyl (C=O) groups excluding carboxylic acids is 1. The number of hydrogen-bond donors (Lipinski definition) is 2. The van der Waals surface area contributed by atoms with Crippen molar-refractivity contribution in [1.29, 1.82) is 0 Å². The third-order valence-corrected chi connectivity index (χ3v) is 3.38. The number of pyridine rings is 1. The van der Waals surface area contributed by atoms with Crippen LogP contribution < -0.4 is 5.32 Å². The van der Waals surface area contributed by atoms with E-state index < -0.39 is 0 Å². The van der Waals surface area contributed by atoms with Gasteiger partial charge in [-0.2, -0.15) is 5.10 Å². The minimum absolute atomic E-state index is 0.211. The molecule has 0 fully saturated rings.